The molecule has 2 unspecified atom stereocenters. The largest absolute Gasteiger partial charge is 0.480 e. The summed E-state index contributed by atoms with van der Waals surface area (Å²) in [6.07, 6.45) is 2.34. The van der Waals surface area contributed by atoms with E-state index in [-0.39, 0.29) is 11.8 Å². The fourth-order valence-corrected chi connectivity index (χ4v) is 1.93. The minimum Gasteiger partial charge on any atom is -0.480 e. The number of amides is 1. The van der Waals surface area contributed by atoms with Gasteiger partial charge in [0.25, 0.3) is 0 Å². The number of benzene rings is 1. The van der Waals surface area contributed by atoms with E-state index in [1.807, 2.05) is 44.2 Å². The Morgan fingerprint density at radius 3 is 2.45 bits per heavy atom. The molecule has 0 heterocycles. The number of hydrogen-bond acceptors (Lipinski definition) is 2. The molecule has 2 atom stereocenters. The van der Waals surface area contributed by atoms with Gasteiger partial charge in [-0.05, 0) is 24.3 Å². The Balaban J connectivity index is 2.48. The predicted molar refractivity (Wildman–Crippen MR) is 78.4 cm³/mol. The fraction of sp³-hybridized carbons (Fsp3) is 0.500. The molecule has 110 valence electrons. The van der Waals surface area contributed by atoms with Crippen LogP contribution in [0.25, 0.3) is 0 Å². The number of rotatable bonds is 8. The average molecular weight is 277 g/mol. The molecule has 0 radical (unpaired) electrons. The van der Waals surface area contributed by atoms with Crippen molar-refractivity contribution in [2.75, 3.05) is 0 Å². The normalized spacial score (nSPS) is 13.5. The molecule has 2 N–H and O–H groups in total. The molecule has 0 spiro atoms. The lowest BCUT2D eigenvalue weighted by Gasteiger charge is -2.16. The van der Waals surface area contributed by atoms with Crippen molar-refractivity contribution in [1.29, 1.82) is 0 Å². The third kappa shape index (κ3) is 5.87. The number of nitrogens with one attached hydrogen (secondary N) is 1. The minimum absolute atomic E-state index is 0.181. The second kappa shape index (κ2) is 8.35. The van der Waals surface area contributed by atoms with E-state index in [9.17, 15) is 14.7 Å². The Morgan fingerprint density at radius 2 is 1.90 bits per heavy atom. The maximum Gasteiger partial charge on any atom is 0.326 e. The summed E-state index contributed by atoms with van der Waals surface area (Å²) in [4.78, 5) is 23.0. The number of carboxylic acid groups (broad SMARTS) is 1. The highest BCUT2D eigenvalue weighted by Crippen LogP contribution is 2.08. The van der Waals surface area contributed by atoms with Gasteiger partial charge in [0.05, 0.1) is 0 Å². The second-order valence-electron chi connectivity index (χ2n) is 5.20. The Morgan fingerprint density at radius 1 is 1.25 bits per heavy atom. The third-order valence-corrected chi connectivity index (χ3v) is 3.43. The van der Waals surface area contributed by atoms with Gasteiger partial charge in [-0.25, -0.2) is 4.79 Å². The summed E-state index contributed by atoms with van der Waals surface area (Å²) in [6.45, 7) is 4.00. The lowest BCUT2D eigenvalue weighted by Crippen LogP contribution is -2.41. The molecule has 0 bridgehead atoms. The van der Waals surface area contributed by atoms with E-state index >= 15 is 0 Å². The van der Waals surface area contributed by atoms with Gasteiger partial charge in [-0.1, -0.05) is 50.6 Å². The van der Waals surface area contributed by atoms with E-state index < -0.39 is 12.0 Å². The second-order valence-corrected chi connectivity index (χ2v) is 5.20. The Labute approximate surface area is 120 Å². The molecule has 1 aromatic rings. The van der Waals surface area contributed by atoms with E-state index in [0.717, 1.165) is 12.0 Å². The molecule has 0 saturated carbocycles. The van der Waals surface area contributed by atoms with E-state index in [4.69, 9.17) is 0 Å². The molecule has 0 saturated heterocycles. The van der Waals surface area contributed by atoms with Crippen LogP contribution in [0.4, 0.5) is 0 Å². The summed E-state index contributed by atoms with van der Waals surface area (Å²) in [6, 6.07) is 8.87. The van der Waals surface area contributed by atoms with Gasteiger partial charge in [0.2, 0.25) is 5.91 Å². The van der Waals surface area contributed by atoms with Gasteiger partial charge in [0.15, 0.2) is 0 Å². The van der Waals surface area contributed by atoms with Crippen LogP contribution in [0, 0.1) is 5.92 Å². The highest BCUT2D eigenvalue weighted by atomic mass is 16.4. The van der Waals surface area contributed by atoms with Gasteiger partial charge in [-0.3, -0.25) is 4.79 Å². The van der Waals surface area contributed by atoms with Crippen molar-refractivity contribution in [2.24, 2.45) is 5.92 Å². The number of carbonyl (C=O) groups is 2. The van der Waals surface area contributed by atoms with Gasteiger partial charge < -0.3 is 10.4 Å². The molecule has 0 aliphatic carbocycles. The molecule has 4 nitrogen and oxygen atoms in total. The highest BCUT2D eigenvalue weighted by molar-refractivity contribution is 5.83. The standard InChI is InChI=1S/C16H23NO3/c1-3-12(2)11-15(18)17-14(16(19)20)10-9-13-7-5-4-6-8-13/h4-8,12,14H,3,9-11H2,1-2H3,(H,17,18)(H,19,20). The summed E-state index contributed by atoms with van der Waals surface area (Å²) < 4.78 is 0. The van der Waals surface area contributed by atoms with Crippen molar-refractivity contribution in [2.45, 2.75) is 45.6 Å². The SMILES string of the molecule is CCC(C)CC(=O)NC(CCc1ccccc1)C(=O)O. The Bertz CT molecular complexity index is 431. The summed E-state index contributed by atoms with van der Waals surface area (Å²) in [7, 11) is 0. The number of carboxylic acids is 1. The lowest BCUT2D eigenvalue weighted by atomic mass is 10.0. The molecule has 20 heavy (non-hydrogen) atoms. The molecule has 1 amide bonds. The summed E-state index contributed by atoms with van der Waals surface area (Å²) in [5.41, 5.74) is 1.08. The molecule has 4 heteroatoms. The van der Waals surface area contributed by atoms with Gasteiger partial charge >= 0.3 is 5.97 Å². The average Bonchev–Trinajstić information content (AvgIpc) is 2.44. The quantitative estimate of drug-likeness (QED) is 0.767. The number of carbonyl (C=O) groups excluding carboxylic acids is 1. The highest BCUT2D eigenvalue weighted by Gasteiger charge is 2.20. The predicted octanol–water partition coefficient (Wildman–Crippen LogP) is 2.62. The lowest BCUT2D eigenvalue weighted by molar-refractivity contribution is -0.142. The van der Waals surface area contributed by atoms with Crippen LogP contribution in [0.2, 0.25) is 0 Å². The topological polar surface area (TPSA) is 66.4 Å². The zero-order valence-electron chi connectivity index (χ0n) is 12.1. The smallest absolute Gasteiger partial charge is 0.326 e. The van der Waals surface area contributed by atoms with E-state index in [2.05, 4.69) is 5.32 Å². The van der Waals surface area contributed by atoms with Gasteiger partial charge in [-0.15, -0.1) is 0 Å². The fourth-order valence-electron chi connectivity index (χ4n) is 1.93. The van der Waals surface area contributed by atoms with Gasteiger partial charge in [-0.2, -0.15) is 0 Å². The van der Waals surface area contributed by atoms with Gasteiger partial charge in [0, 0.05) is 6.42 Å². The maximum absolute atomic E-state index is 11.8. The molecule has 0 aliphatic rings. The van der Waals surface area contributed by atoms with Crippen molar-refractivity contribution in [3.05, 3.63) is 35.9 Å². The summed E-state index contributed by atoms with van der Waals surface area (Å²) in [5.74, 6) is -0.878. The number of aliphatic carboxylic acids is 1. The van der Waals surface area contributed by atoms with Crippen LogP contribution < -0.4 is 5.32 Å². The zero-order chi connectivity index (χ0) is 15.0. The van der Waals surface area contributed by atoms with Crippen LogP contribution >= 0.6 is 0 Å². The number of hydrogen-bond donors (Lipinski definition) is 2. The Kier molecular flexibility index (Phi) is 6.77. The van der Waals surface area contributed by atoms with Crippen molar-refractivity contribution < 1.29 is 14.7 Å². The monoisotopic (exact) mass is 277 g/mol. The number of aryl methyl sites for hydroxylation is 1. The van der Waals surface area contributed by atoms with Crippen molar-refractivity contribution >= 4 is 11.9 Å². The van der Waals surface area contributed by atoms with E-state index in [1.54, 1.807) is 0 Å². The van der Waals surface area contributed by atoms with Crippen LogP contribution in [0.3, 0.4) is 0 Å². The van der Waals surface area contributed by atoms with Crippen LogP contribution in [-0.2, 0) is 16.0 Å². The maximum atomic E-state index is 11.8. The van der Waals surface area contributed by atoms with Crippen LogP contribution in [-0.4, -0.2) is 23.0 Å². The summed E-state index contributed by atoms with van der Waals surface area (Å²) >= 11 is 0. The van der Waals surface area contributed by atoms with Crippen molar-refractivity contribution in [1.82, 2.24) is 5.32 Å². The first-order chi connectivity index (χ1) is 9.52. The molecule has 1 aromatic carbocycles. The zero-order valence-corrected chi connectivity index (χ0v) is 12.1. The Hall–Kier alpha value is -1.84. The molecule has 0 aliphatic heterocycles. The van der Waals surface area contributed by atoms with Crippen LogP contribution in [0.15, 0.2) is 30.3 Å². The van der Waals surface area contributed by atoms with Crippen molar-refractivity contribution in [3.63, 3.8) is 0 Å². The van der Waals surface area contributed by atoms with E-state index in [1.165, 1.54) is 0 Å². The first-order valence-corrected chi connectivity index (χ1v) is 7.09. The summed E-state index contributed by atoms with van der Waals surface area (Å²) in [5, 5.41) is 11.8. The third-order valence-electron chi connectivity index (χ3n) is 3.43. The molecule has 0 fully saturated rings. The van der Waals surface area contributed by atoms with Crippen molar-refractivity contribution in [3.8, 4) is 0 Å². The molecular formula is C16H23NO3. The van der Waals surface area contributed by atoms with E-state index in [0.29, 0.717) is 19.3 Å². The molecule has 0 aromatic heterocycles. The first kappa shape index (κ1) is 16.2. The first-order valence-electron chi connectivity index (χ1n) is 7.09. The molecule has 1 rings (SSSR count). The van der Waals surface area contributed by atoms with Crippen LogP contribution in [0.1, 0.15) is 38.7 Å². The molecular weight excluding hydrogens is 254 g/mol. The minimum atomic E-state index is -0.974. The van der Waals surface area contributed by atoms with Gasteiger partial charge in [0.1, 0.15) is 6.04 Å². The van der Waals surface area contributed by atoms with Crippen LogP contribution in [0.5, 0.6) is 0 Å².